The van der Waals surface area contributed by atoms with Crippen LogP contribution >= 0.6 is 0 Å². The van der Waals surface area contributed by atoms with E-state index in [1.165, 1.54) is 0 Å². The number of rotatable bonds is 6. The molecule has 0 spiro atoms. The van der Waals surface area contributed by atoms with Crippen molar-refractivity contribution in [2.75, 3.05) is 11.0 Å². The smallest absolute Gasteiger partial charge is 0.120 e. The lowest BCUT2D eigenvalue weighted by Crippen LogP contribution is -2.11. The van der Waals surface area contributed by atoms with Gasteiger partial charge in [-0.25, -0.2) is 14.2 Å². The maximum Gasteiger partial charge on any atom is 0.120 e. The van der Waals surface area contributed by atoms with Crippen molar-refractivity contribution in [1.29, 1.82) is 0 Å². The van der Waals surface area contributed by atoms with Crippen LogP contribution in [0.15, 0.2) is 42.9 Å². The number of aromatic nitrogens is 3. The highest BCUT2D eigenvalue weighted by Gasteiger charge is 2.12. The molecule has 3 rings (SSSR count). The molecule has 7 heteroatoms. The Morgan fingerprint density at radius 3 is 2.66 bits per heavy atom. The van der Waals surface area contributed by atoms with Crippen LogP contribution < -0.4 is 9.46 Å². The van der Waals surface area contributed by atoms with Crippen molar-refractivity contribution in [2.24, 2.45) is 0 Å². The molecule has 0 bridgehead atoms. The standard InChI is InChI=1S/C25H28N4O2S/c1-7-23-22(12-11-19-13-24(18(4)26-15-19)29-32(5,6)30)25(28-16-27-23)20-9-8-10-21(14-20)31-17(2)3/h8-10,13-17H,5,7H2,1-4,6H3,(H,29,30). The molecule has 0 aliphatic heterocycles. The minimum Gasteiger partial charge on any atom is -0.491 e. The summed E-state index contributed by atoms with van der Waals surface area (Å²) >= 11 is 0. The van der Waals surface area contributed by atoms with E-state index in [-0.39, 0.29) is 6.10 Å². The van der Waals surface area contributed by atoms with Gasteiger partial charge in [0.05, 0.1) is 34.4 Å². The molecule has 0 aliphatic rings. The normalized spacial score (nSPS) is 12.6. The fourth-order valence-electron chi connectivity index (χ4n) is 3.10. The summed E-state index contributed by atoms with van der Waals surface area (Å²) in [6.45, 7) is 7.87. The molecule has 0 amide bonds. The molecule has 0 aliphatic carbocycles. The number of hydrogen-bond acceptors (Lipinski definition) is 5. The van der Waals surface area contributed by atoms with E-state index in [1.54, 1.807) is 18.8 Å². The molecule has 1 atom stereocenters. The first-order valence-corrected chi connectivity index (χ1v) is 12.5. The summed E-state index contributed by atoms with van der Waals surface area (Å²) < 4.78 is 20.8. The second-order valence-electron chi connectivity index (χ2n) is 7.81. The average Bonchev–Trinajstić information content (AvgIpc) is 2.72. The quantitative estimate of drug-likeness (QED) is 0.450. The zero-order valence-electron chi connectivity index (χ0n) is 19.1. The lowest BCUT2D eigenvalue weighted by atomic mass is 10.0. The predicted molar refractivity (Wildman–Crippen MR) is 132 cm³/mol. The van der Waals surface area contributed by atoms with Crippen LogP contribution in [0.25, 0.3) is 11.3 Å². The largest absolute Gasteiger partial charge is 0.491 e. The number of aryl methyl sites for hydroxylation is 2. The lowest BCUT2D eigenvalue weighted by Gasteiger charge is -2.12. The van der Waals surface area contributed by atoms with Crippen molar-refractivity contribution in [3.63, 3.8) is 0 Å². The monoisotopic (exact) mass is 448 g/mol. The number of hydrogen-bond donors (Lipinski definition) is 1. The first-order valence-electron chi connectivity index (χ1n) is 10.4. The topological polar surface area (TPSA) is 77.0 Å². The Labute approximate surface area is 190 Å². The molecular formula is C25H28N4O2S. The summed E-state index contributed by atoms with van der Waals surface area (Å²) in [5, 5.41) is 0. The molecule has 2 heterocycles. The molecule has 0 fully saturated rings. The third-order valence-corrected chi connectivity index (χ3v) is 5.14. The number of benzene rings is 1. The minimum atomic E-state index is -2.42. The van der Waals surface area contributed by atoms with E-state index < -0.39 is 9.71 Å². The lowest BCUT2D eigenvalue weighted by molar-refractivity contribution is 0.242. The van der Waals surface area contributed by atoms with E-state index in [0.29, 0.717) is 11.3 Å². The van der Waals surface area contributed by atoms with Gasteiger partial charge in [0.1, 0.15) is 12.1 Å². The van der Waals surface area contributed by atoms with Gasteiger partial charge in [-0.05, 0) is 51.3 Å². The number of anilines is 1. The van der Waals surface area contributed by atoms with Crippen molar-refractivity contribution in [3.05, 3.63) is 65.4 Å². The molecule has 0 saturated carbocycles. The highest BCUT2D eigenvalue weighted by Crippen LogP contribution is 2.27. The molecule has 32 heavy (non-hydrogen) atoms. The van der Waals surface area contributed by atoms with Gasteiger partial charge in [0.2, 0.25) is 0 Å². The highest BCUT2D eigenvalue weighted by atomic mass is 32.2. The molecule has 6 nitrogen and oxygen atoms in total. The molecule has 3 aromatic rings. The second-order valence-corrected chi connectivity index (χ2v) is 10.0. The Morgan fingerprint density at radius 1 is 1.19 bits per heavy atom. The third-order valence-electron chi connectivity index (χ3n) is 4.48. The van der Waals surface area contributed by atoms with Crippen molar-refractivity contribution in [1.82, 2.24) is 15.0 Å². The van der Waals surface area contributed by atoms with Gasteiger partial charge in [-0.3, -0.25) is 4.98 Å². The molecular weight excluding hydrogens is 420 g/mol. The Balaban J connectivity index is 2.06. The van der Waals surface area contributed by atoms with Gasteiger partial charge < -0.3 is 9.46 Å². The van der Waals surface area contributed by atoms with Gasteiger partial charge >= 0.3 is 0 Å². The molecule has 2 aromatic heterocycles. The zero-order valence-corrected chi connectivity index (χ0v) is 19.9. The molecule has 0 saturated heterocycles. The Kier molecular flexibility index (Phi) is 7.16. The Hall–Kier alpha value is -3.37. The SMILES string of the molecule is C=S(C)(=O)Nc1cc(C#Cc2c(CC)ncnc2-c2cccc(OC(C)C)c2)cnc1C. The predicted octanol–water partition coefficient (Wildman–Crippen LogP) is 4.27. The summed E-state index contributed by atoms with van der Waals surface area (Å²) in [5.41, 5.74) is 5.37. The van der Waals surface area contributed by atoms with Gasteiger partial charge in [-0.2, -0.15) is 0 Å². The maximum absolute atomic E-state index is 12.1. The maximum atomic E-state index is 12.1. The van der Waals surface area contributed by atoms with Crippen molar-refractivity contribution < 1.29 is 8.95 Å². The molecule has 1 N–H and O–H groups in total. The van der Waals surface area contributed by atoms with Crippen molar-refractivity contribution in [3.8, 4) is 28.8 Å². The molecule has 1 unspecified atom stereocenters. The van der Waals surface area contributed by atoms with E-state index >= 15 is 0 Å². The molecule has 0 radical (unpaired) electrons. The minimum absolute atomic E-state index is 0.0779. The summed E-state index contributed by atoms with van der Waals surface area (Å²) in [5.74, 6) is 10.8. The van der Waals surface area contributed by atoms with Crippen LogP contribution in [-0.2, 0) is 16.1 Å². The van der Waals surface area contributed by atoms with Crippen molar-refractivity contribution in [2.45, 2.75) is 40.2 Å². The first kappa shape index (κ1) is 23.3. The zero-order chi connectivity index (χ0) is 23.3. The highest BCUT2D eigenvalue weighted by molar-refractivity contribution is 8.00. The van der Waals surface area contributed by atoms with Crippen LogP contribution in [-0.4, -0.2) is 37.4 Å². The van der Waals surface area contributed by atoms with Gasteiger partial charge in [0.15, 0.2) is 0 Å². The van der Waals surface area contributed by atoms with E-state index in [2.05, 4.69) is 37.4 Å². The van der Waals surface area contributed by atoms with Crippen LogP contribution in [0.1, 0.15) is 43.3 Å². The van der Waals surface area contributed by atoms with E-state index in [4.69, 9.17) is 4.74 Å². The molecule has 166 valence electrons. The summed E-state index contributed by atoms with van der Waals surface area (Å²) in [7, 11) is -2.42. The third kappa shape index (κ3) is 6.08. The molecule has 1 aromatic carbocycles. The number of ether oxygens (including phenoxy) is 1. The van der Waals surface area contributed by atoms with Gasteiger partial charge in [-0.15, -0.1) is 0 Å². The number of nitrogens with one attached hydrogen (secondary N) is 1. The Morgan fingerprint density at radius 2 is 1.97 bits per heavy atom. The number of pyridine rings is 1. The average molecular weight is 449 g/mol. The van der Waals surface area contributed by atoms with Crippen LogP contribution in [0.3, 0.4) is 0 Å². The van der Waals surface area contributed by atoms with Gasteiger partial charge in [-0.1, -0.05) is 30.9 Å². The summed E-state index contributed by atoms with van der Waals surface area (Å²) in [6, 6.07) is 9.66. The number of nitrogens with zero attached hydrogens (tertiary/aromatic N) is 3. The van der Waals surface area contributed by atoms with Crippen LogP contribution in [0.4, 0.5) is 5.69 Å². The van der Waals surface area contributed by atoms with E-state index in [1.807, 2.05) is 58.0 Å². The van der Waals surface area contributed by atoms with Crippen LogP contribution in [0.2, 0.25) is 0 Å². The summed E-state index contributed by atoms with van der Waals surface area (Å²) in [6.07, 6.45) is 5.61. The Bertz CT molecular complexity index is 1290. The first-order chi connectivity index (χ1) is 15.2. The van der Waals surface area contributed by atoms with Crippen LogP contribution in [0, 0.1) is 18.8 Å². The summed E-state index contributed by atoms with van der Waals surface area (Å²) in [4.78, 5) is 13.3. The van der Waals surface area contributed by atoms with Gasteiger partial charge in [0.25, 0.3) is 0 Å². The fourth-order valence-corrected chi connectivity index (χ4v) is 3.77. The van der Waals surface area contributed by atoms with Crippen LogP contribution in [0.5, 0.6) is 5.75 Å². The van der Waals surface area contributed by atoms with Gasteiger partial charge in [0, 0.05) is 33.3 Å². The fraction of sp³-hybridized carbons (Fsp3) is 0.280. The van der Waals surface area contributed by atoms with E-state index in [9.17, 15) is 4.21 Å². The van der Waals surface area contributed by atoms with Crippen molar-refractivity contribution >= 4 is 21.3 Å². The second kappa shape index (κ2) is 9.84. The van der Waals surface area contributed by atoms with E-state index in [0.717, 1.165) is 40.4 Å².